The van der Waals surface area contributed by atoms with Gasteiger partial charge in [-0.2, -0.15) is 0 Å². The molecule has 0 spiro atoms. The van der Waals surface area contributed by atoms with Crippen LogP contribution in [0, 0.1) is 0 Å². The van der Waals surface area contributed by atoms with Gasteiger partial charge in [-0.15, -0.1) is 0 Å². The van der Waals surface area contributed by atoms with E-state index in [4.69, 9.17) is 17.3 Å². The van der Waals surface area contributed by atoms with E-state index in [1.165, 1.54) is 11.0 Å². The highest BCUT2D eigenvalue weighted by atomic mass is 32.2. The third-order valence-corrected chi connectivity index (χ3v) is 4.93. The van der Waals surface area contributed by atoms with Crippen LogP contribution in [0.3, 0.4) is 0 Å². The fraction of sp³-hybridized carbons (Fsp3) is 0.294. The fourth-order valence-corrected chi connectivity index (χ4v) is 3.51. The van der Waals surface area contributed by atoms with E-state index in [0.717, 1.165) is 11.8 Å². The van der Waals surface area contributed by atoms with Crippen LogP contribution in [0.4, 0.5) is 0 Å². The van der Waals surface area contributed by atoms with Gasteiger partial charge in [-0.3, -0.25) is 19.3 Å². The SMILES string of the molecule is O=C(O)CCCNC(=O)CCN1C(=O)/C(=C/c2ccccc2O)SC1=S. The van der Waals surface area contributed by atoms with Gasteiger partial charge in [0, 0.05) is 31.5 Å². The van der Waals surface area contributed by atoms with Gasteiger partial charge in [0.2, 0.25) is 5.91 Å². The number of nitrogens with one attached hydrogen (secondary N) is 1. The lowest BCUT2D eigenvalue weighted by Crippen LogP contribution is -2.33. The number of benzene rings is 1. The number of hydrogen-bond donors (Lipinski definition) is 3. The molecule has 2 amide bonds. The van der Waals surface area contributed by atoms with Gasteiger partial charge >= 0.3 is 5.97 Å². The third kappa shape index (κ3) is 5.57. The number of thiocarbonyl (C=S) groups is 1. The predicted molar refractivity (Wildman–Crippen MR) is 102 cm³/mol. The summed E-state index contributed by atoms with van der Waals surface area (Å²) >= 11 is 6.32. The Morgan fingerprint density at radius 1 is 1.27 bits per heavy atom. The van der Waals surface area contributed by atoms with Crippen molar-refractivity contribution in [3.05, 3.63) is 34.7 Å². The van der Waals surface area contributed by atoms with Crippen LogP contribution in [-0.2, 0) is 14.4 Å². The monoisotopic (exact) mass is 394 g/mol. The number of aromatic hydroxyl groups is 1. The molecule has 0 aliphatic carbocycles. The number of carboxylic acid groups (broad SMARTS) is 1. The Labute approximate surface area is 160 Å². The van der Waals surface area contributed by atoms with Crippen LogP contribution in [0.25, 0.3) is 6.08 Å². The zero-order chi connectivity index (χ0) is 19.1. The van der Waals surface area contributed by atoms with E-state index in [-0.39, 0.29) is 43.5 Å². The Bertz CT molecular complexity index is 763. The van der Waals surface area contributed by atoms with Crippen molar-refractivity contribution in [2.24, 2.45) is 0 Å². The number of phenolic OH excluding ortho intramolecular Hbond substituents is 1. The summed E-state index contributed by atoms with van der Waals surface area (Å²) < 4.78 is 0.357. The summed E-state index contributed by atoms with van der Waals surface area (Å²) in [7, 11) is 0. The Morgan fingerprint density at radius 3 is 2.69 bits per heavy atom. The molecule has 0 saturated carbocycles. The predicted octanol–water partition coefficient (Wildman–Crippen LogP) is 1.96. The maximum absolute atomic E-state index is 12.5. The minimum absolute atomic E-state index is 0.00783. The van der Waals surface area contributed by atoms with Crippen LogP contribution in [-0.4, -0.2) is 50.3 Å². The summed E-state index contributed by atoms with van der Waals surface area (Å²) in [5.74, 6) is -1.41. The summed E-state index contributed by atoms with van der Waals surface area (Å²) in [5.41, 5.74) is 0.518. The van der Waals surface area contributed by atoms with Gasteiger partial charge in [-0.25, -0.2) is 0 Å². The molecule has 0 bridgehead atoms. The molecule has 9 heteroatoms. The number of carbonyl (C=O) groups is 3. The normalized spacial score (nSPS) is 15.5. The third-order valence-electron chi connectivity index (χ3n) is 3.55. The van der Waals surface area contributed by atoms with E-state index in [0.29, 0.717) is 21.2 Å². The van der Waals surface area contributed by atoms with Crippen LogP contribution < -0.4 is 5.32 Å². The molecule has 1 heterocycles. The Morgan fingerprint density at radius 2 is 2.00 bits per heavy atom. The lowest BCUT2D eigenvalue weighted by atomic mass is 10.2. The summed E-state index contributed by atoms with van der Waals surface area (Å²) in [6.07, 6.45) is 1.99. The first-order valence-electron chi connectivity index (χ1n) is 7.90. The molecular weight excluding hydrogens is 376 g/mol. The molecule has 0 unspecified atom stereocenters. The van der Waals surface area contributed by atoms with Gasteiger partial charge in [0.05, 0.1) is 4.91 Å². The molecule has 1 aliphatic heterocycles. The van der Waals surface area contributed by atoms with Gasteiger partial charge in [0.25, 0.3) is 5.91 Å². The number of thioether (sulfide) groups is 1. The second-order valence-electron chi connectivity index (χ2n) is 5.49. The maximum atomic E-state index is 12.5. The van der Waals surface area contributed by atoms with Gasteiger partial charge in [0.15, 0.2) is 0 Å². The van der Waals surface area contributed by atoms with Crippen LogP contribution in [0.15, 0.2) is 29.2 Å². The number of hydrogen-bond acceptors (Lipinski definition) is 6. The fourth-order valence-electron chi connectivity index (χ4n) is 2.21. The number of carboxylic acids is 1. The van der Waals surface area contributed by atoms with Crippen molar-refractivity contribution in [1.82, 2.24) is 10.2 Å². The van der Waals surface area contributed by atoms with Crippen LogP contribution in [0.1, 0.15) is 24.8 Å². The van der Waals surface area contributed by atoms with Crippen LogP contribution in [0.5, 0.6) is 5.75 Å². The number of phenols is 1. The summed E-state index contributed by atoms with van der Waals surface area (Å²) in [6, 6.07) is 6.65. The average molecular weight is 394 g/mol. The van der Waals surface area contributed by atoms with E-state index < -0.39 is 5.97 Å². The minimum Gasteiger partial charge on any atom is -0.507 e. The highest BCUT2D eigenvalue weighted by Crippen LogP contribution is 2.33. The van der Waals surface area contributed by atoms with Crippen LogP contribution >= 0.6 is 24.0 Å². The van der Waals surface area contributed by atoms with E-state index >= 15 is 0 Å². The number of nitrogens with zero attached hydrogens (tertiary/aromatic N) is 1. The molecule has 1 aromatic rings. The van der Waals surface area contributed by atoms with Gasteiger partial charge in [-0.1, -0.05) is 42.2 Å². The second kappa shape index (κ2) is 9.35. The highest BCUT2D eigenvalue weighted by Gasteiger charge is 2.32. The average Bonchev–Trinajstić information content (AvgIpc) is 2.85. The van der Waals surface area contributed by atoms with Crippen molar-refractivity contribution in [3.8, 4) is 5.75 Å². The largest absolute Gasteiger partial charge is 0.507 e. The number of rotatable bonds is 8. The molecular formula is C17H18N2O5S2. The zero-order valence-corrected chi connectivity index (χ0v) is 15.4. The van der Waals surface area contributed by atoms with Crippen molar-refractivity contribution >= 4 is 52.2 Å². The van der Waals surface area contributed by atoms with E-state index in [2.05, 4.69) is 5.32 Å². The zero-order valence-electron chi connectivity index (χ0n) is 13.8. The van der Waals surface area contributed by atoms with Gasteiger partial charge in [-0.05, 0) is 18.6 Å². The molecule has 138 valence electrons. The lowest BCUT2D eigenvalue weighted by molar-refractivity contribution is -0.137. The molecule has 7 nitrogen and oxygen atoms in total. The molecule has 2 rings (SSSR count). The summed E-state index contributed by atoms with van der Waals surface area (Å²) in [4.78, 5) is 36.4. The van der Waals surface area contributed by atoms with Crippen molar-refractivity contribution < 1.29 is 24.6 Å². The number of para-hydroxylation sites is 1. The number of carbonyl (C=O) groups excluding carboxylic acids is 2. The number of aliphatic carboxylic acids is 1. The standard InChI is InChI=1S/C17H18N2O5S2/c20-12-5-2-1-4-11(12)10-13-16(24)19(17(25)26-13)9-7-14(21)18-8-3-6-15(22)23/h1-2,4-5,10,20H,3,6-9H2,(H,18,21)(H,22,23)/b13-10-. The quantitative estimate of drug-likeness (QED) is 0.351. The second-order valence-corrected chi connectivity index (χ2v) is 7.17. The molecule has 0 atom stereocenters. The Hall–Kier alpha value is -2.39. The molecule has 1 saturated heterocycles. The molecule has 0 aromatic heterocycles. The molecule has 1 fully saturated rings. The molecule has 0 radical (unpaired) electrons. The minimum atomic E-state index is -0.909. The molecule has 1 aliphatic rings. The Balaban J connectivity index is 1.88. The van der Waals surface area contributed by atoms with Crippen molar-refractivity contribution in [2.75, 3.05) is 13.1 Å². The summed E-state index contributed by atoms with van der Waals surface area (Å²) in [6.45, 7) is 0.421. The first kappa shape index (κ1) is 19.9. The maximum Gasteiger partial charge on any atom is 0.303 e. The van der Waals surface area contributed by atoms with Crippen LogP contribution in [0.2, 0.25) is 0 Å². The first-order valence-corrected chi connectivity index (χ1v) is 9.13. The molecule has 1 aromatic carbocycles. The van der Waals surface area contributed by atoms with Crippen molar-refractivity contribution in [3.63, 3.8) is 0 Å². The molecule has 26 heavy (non-hydrogen) atoms. The first-order chi connectivity index (χ1) is 12.4. The van der Waals surface area contributed by atoms with E-state index in [1.807, 2.05) is 0 Å². The number of amides is 2. The van der Waals surface area contributed by atoms with Crippen molar-refractivity contribution in [1.29, 1.82) is 0 Å². The lowest BCUT2D eigenvalue weighted by Gasteiger charge is -2.14. The smallest absolute Gasteiger partial charge is 0.303 e. The topological polar surface area (TPSA) is 107 Å². The van der Waals surface area contributed by atoms with E-state index in [9.17, 15) is 19.5 Å². The highest BCUT2D eigenvalue weighted by molar-refractivity contribution is 8.26. The van der Waals surface area contributed by atoms with Crippen molar-refractivity contribution in [2.45, 2.75) is 19.3 Å². The summed E-state index contributed by atoms with van der Waals surface area (Å²) in [5, 5.41) is 21.0. The molecule has 3 N–H and O–H groups in total. The van der Waals surface area contributed by atoms with E-state index in [1.54, 1.807) is 24.3 Å². The van der Waals surface area contributed by atoms with Gasteiger partial charge in [0.1, 0.15) is 10.1 Å². The Kier molecular flexibility index (Phi) is 7.16. The van der Waals surface area contributed by atoms with Gasteiger partial charge < -0.3 is 15.5 Å².